The van der Waals surface area contributed by atoms with Crippen molar-refractivity contribution in [2.45, 2.75) is 13.1 Å². The largest absolute Gasteiger partial charge is 0.465 e. The highest BCUT2D eigenvalue weighted by atomic mass is 16.3. The lowest BCUT2D eigenvalue weighted by Crippen LogP contribution is -2.22. The zero-order valence-corrected chi connectivity index (χ0v) is 8.89. The molecular formula is C13H13N2O+. The maximum absolute atomic E-state index is 6.11. The molecule has 0 fully saturated rings. The van der Waals surface area contributed by atoms with Gasteiger partial charge in [0.1, 0.15) is 18.8 Å². The van der Waals surface area contributed by atoms with Gasteiger partial charge in [-0.3, -0.25) is 10.3 Å². The van der Waals surface area contributed by atoms with Crippen LogP contribution in [0.3, 0.4) is 0 Å². The molecule has 2 heterocycles. The first-order chi connectivity index (χ1) is 7.84. The standard InChI is InChI=1S/C13H12N2O/c14-13-12-6-2-1-4-10(12)8-15(13)9-11-5-3-7-16-11/h1-7,14H,8-9H2/p+1. The van der Waals surface area contributed by atoms with Crippen LogP contribution in [-0.4, -0.2) is 10.4 Å². The van der Waals surface area contributed by atoms with E-state index in [1.165, 1.54) is 5.56 Å². The molecule has 0 saturated carbocycles. The Bertz CT molecular complexity index is 541. The second-order valence-electron chi connectivity index (χ2n) is 3.98. The Morgan fingerprint density at radius 1 is 1.19 bits per heavy atom. The second kappa shape index (κ2) is 3.52. The van der Waals surface area contributed by atoms with E-state index in [4.69, 9.17) is 10.2 Å². The van der Waals surface area contributed by atoms with Crippen LogP contribution in [0.2, 0.25) is 0 Å². The van der Waals surface area contributed by atoms with Crippen molar-refractivity contribution < 1.29 is 8.99 Å². The summed E-state index contributed by atoms with van der Waals surface area (Å²) >= 11 is 0. The maximum atomic E-state index is 6.11. The topological polar surface area (TPSA) is 42.2 Å². The van der Waals surface area contributed by atoms with E-state index in [2.05, 4.69) is 16.7 Å². The van der Waals surface area contributed by atoms with Gasteiger partial charge in [0.25, 0.3) is 5.84 Å². The lowest BCUT2D eigenvalue weighted by molar-refractivity contribution is -0.558. The molecule has 0 unspecified atom stereocenters. The zero-order valence-electron chi connectivity index (χ0n) is 8.89. The molecular weight excluding hydrogens is 200 g/mol. The van der Waals surface area contributed by atoms with Gasteiger partial charge in [0, 0.05) is 5.56 Å². The van der Waals surface area contributed by atoms with Crippen LogP contribution in [0, 0.1) is 0 Å². The third kappa shape index (κ3) is 1.41. The maximum Gasteiger partial charge on any atom is 0.276 e. The number of nitrogens with zero attached hydrogens (tertiary/aromatic N) is 1. The monoisotopic (exact) mass is 213 g/mol. The minimum absolute atomic E-state index is 0.730. The average molecular weight is 213 g/mol. The summed E-state index contributed by atoms with van der Waals surface area (Å²) in [6.45, 7) is 1.59. The summed E-state index contributed by atoms with van der Waals surface area (Å²) in [5.74, 6) is 1.78. The van der Waals surface area contributed by atoms with Gasteiger partial charge in [-0.15, -0.1) is 0 Å². The van der Waals surface area contributed by atoms with Gasteiger partial charge in [-0.05, 0) is 18.2 Å². The van der Waals surface area contributed by atoms with Crippen LogP contribution in [0.25, 0.3) is 0 Å². The highest BCUT2D eigenvalue weighted by molar-refractivity contribution is 5.96. The predicted octanol–water partition coefficient (Wildman–Crippen LogP) is 1.71. The highest BCUT2D eigenvalue weighted by Crippen LogP contribution is 2.17. The number of benzene rings is 1. The van der Waals surface area contributed by atoms with Crippen molar-refractivity contribution in [2.24, 2.45) is 5.73 Å². The number of rotatable bonds is 2. The molecule has 3 nitrogen and oxygen atoms in total. The minimum Gasteiger partial charge on any atom is -0.465 e. The molecule has 0 saturated heterocycles. The smallest absolute Gasteiger partial charge is 0.276 e. The van der Waals surface area contributed by atoms with Crippen molar-refractivity contribution in [2.75, 3.05) is 0 Å². The van der Waals surface area contributed by atoms with Crippen LogP contribution in [0.5, 0.6) is 0 Å². The summed E-state index contributed by atoms with van der Waals surface area (Å²) in [5.41, 5.74) is 8.54. The number of nitrogens with two attached hydrogens (primary N) is 1. The lowest BCUT2D eigenvalue weighted by atomic mass is 10.1. The summed E-state index contributed by atoms with van der Waals surface area (Å²) in [4.78, 5) is 0. The fourth-order valence-electron chi connectivity index (χ4n) is 2.10. The van der Waals surface area contributed by atoms with Crippen molar-refractivity contribution in [3.63, 3.8) is 0 Å². The molecule has 0 radical (unpaired) electrons. The summed E-state index contributed by atoms with van der Waals surface area (Å²) in [6.07, 6.45) is 1.69. The molecule has 3 heteroatoms. The minimum atomic E-state index is 0.730. The molecule has 2 N–H and O–H groups in total. The summed E-state index contributed by atoms with van der Waals surface area (Å²) in [7, 11) is 0. The van der Waals surface area contributed by atoms with Crippen LogP contribution in [0.4, 0.5) is 0 Å². The van der Waals surface area contributed by atoms with Crippen molar-refractivity contribution in [1.29, 1.82) is 0 Å². The normalized spacial score (nSPS) is 14.2. The number of amidine groups is 1. The van der Waals surface area contributed by atoms with Crippen molar-refractivity contribution in [1.82, 2.24) is 0 Å². The molecule has 0 amide bonds. The van der Waals surface area contributed by atoms with E-state index < -0.39 is 0 Å². The molecule has 0 bridgehead atoms. The van der Waals surface area contributed by atoms with Crippen LogP contribution >= 0.6 is 0 Å². The molecule has 0 aliphatic carbocycles. The Morgan fingerprint density at radius 3 is 2.81 bits per heavy atom. The Labute approximate surface area is 93.8 Å². The predicted molar refractivity (Wildman–Crippen MR) is 61.1 cm³/mol. The SMILES string of the molecule is NC1=[N+](Cc2ccco2)Cc2ccccc21. The fourth-order valence-corrected chi connectivity index (χ4v) is 2.10. The van der Waals surface area contributed by atoms with Gasteiger partial charge in [0.05, 0.1) is 11.8 Å². The van der Waals surface area contributed by atoms with Gasteiger partial charge in [-0.25, -0.2) is 0 Å². The number of hydrogen-bond acceptors (Lipinski definition) is 2. The zero-order chi connectivity index (χ0) is 11.0. The Hall–Kier alpha value is -2.03. The van der Waals surface area contributed by atoms with E-state index in [0.717, 1.165) is 30.2 Å². The molecule has 1 aliphatic rings. The van der Waals surface area contributed by atoms with Gasteiger partial charge >= 0.3 is 0 Å². The van der Waals surface area contributed by atoms with E-state index in [0.29, 0.717) is 0 Å². The van der Waals surface area contributed by atoms with E-state index in [1.807, 2.05) is 24.3 Å². The Kier molecular flexibility index (Phi) is 2.03. The highest BCUT2D eigenvalue weighted by Gasteiger charge is 2.24. The number of fused-ring (bicyclic) bond motifs is 1. The average Bonchev–Trinajstić information content (AvgIpc) is 2.90. The molecule has 0 atom stereocenters. The first-order valence-corrected chi connectivity index (χ1v) is 5.32. The Balaban J connectivity index is 1.92. The first kappa shape index (κ1) is 9.21. The van der Waals surface area contributed by atoms with Gasteiger partial charge in [-0.2, -0.15) is 0 Å². The first-order valence-electron chi connectivity index (χ1n) is 5.32. The number of hydrogen-bond donors (Lipinski definition) is 1. The second-order valence-corrected chi connectivity index (χ2v) is 3.98. The third-order valence-electron chi connectivity index (χ3n) is 2.92. The molecule has 0 spiro atoms. The van der Waals surface area contributed by atoms with E-state index >= 15 is 0 Å². The van der Waals surface area contributed by atoms with Crippen LogP contribution in [0.1, 0.15) is 16.9 Å². The van der Waals surface area contributed by atoms with Crippen molar-refractivity contribution in [3.8, 4) is 0 Å². The summed E-state index contributed by atoms with van der Waals surface area (Å²) in [6, 6.07) is 12.1. The molecule has 16 heavy (non-hydrogen) atoms. The van der Waals surface area contributed by atoms with E-state index in [1.54, 1.807) is 6.26 Å². The van der Waals surface area contributed by atoms with Crippen molar-refractivity contribution >= 4 is 5.84 Å². The summed E-state index contributed by atoms with van der Waals surface area (Å²) < 4.78 is 7.46. The molecule has 1 aromatic carbocycles. The summed E-state index contributed by atoms with van der Waals surface area (Å²) in [5, 5.41) is 0. The van der Waals surface area contributed by atoms with Crippen LogP contribution < -0.4 is 5.73 Å². The number of furan rings is 1. The van der Waals surface area contributed by atoms with Gasteiger partial charge < -0.3 is 4.42 Å². The fraction of sp³-hybridized carbons (Fsp3) is 0.154. The molecule has 2 aromatic rings. The van der Waals surface area contributed by atoms with Gasteiger partial charge in [-0.1, -0.05) is 18.2 Å². The molecule has 80 valence electrons. The van der Waals surface area contributed by atoms with Crippen molar-refractivity contribution in [3.05, 3.63) is 59.5 Å². The molecule has 3 rings (SSSR count). The third-order valence-corrected chi connectivity index (χ3v) is 2.92. The van der Waals surface area contributed by atoms with E-state index in [-0.39, 0.29) is 0 Å². The van der Waals surface area contributed by atoms with Crippen LogP contribution in [-0.2, 0) is 13.1 Å². The quantitative estimate of drug-likeness (QED) is 0.772. The van der Waals surface area contributed by atoms with Gasteiger partial charge in [0.15, 0.2) is 0 Å². The Morgan fingerprint density at radius 2 is 2.06 bits per heavy atom. The lowest BCUT2D eigenvalue weighted by Gasteiger charge is -1.99. The van der Waals surface area contributed by atoms with Crippen LogP contribution in [0.15, 0.2) is 47.1 Å². The van der Waals surface area contributed by atoms with Gasteiger partial charge in [0.2, 0.25) is 0 Å². The molecule has 1 aromatic heterocycles. The molecule has 1 aliphatic heterocycles. The van der Waals surface area contributed by atoms with E-state index in [9.17, 15) is 0 Å².